The molecule has 2 aromatic carbocycles. The Kier molecular flexibility index (Phi) is 5.63. The number of carboxylic acids is 1. The number of benzene rings is 2. The van der Waals surface area contributed by atoms with Crippen LogP contribution >= 0.6 is 23.1 Å². The van der Waals surface area contributed by atoms with Gasteiger partial charge in [0.2, 0.25) is 5.91 Å². The maximum Gasteiger partial charge on any atom is 0.307 e. The average molecular weight is 482 g/mol. The summed E-state index contributed by atoms with van der Waals surface area (Å²) in [5.41, 5.74) is 2.47. The van der Waals surface area contributed by atoms with Crippen LogP contribution in [0.1, 0.15) is 12.0 Å². The molecule has 2 bridgehead atoms. The van der Waals surface area contributed by atoms with E-state index in [-0.39, 0.29) is 23.4 Å². The molecule has 0 aliphatic heterocycles. The minimum Gasteiger partial charge on any atom is -0.481 e. The van der Waals surface area contributed by atoms with Crippen LogP contribution in [-0.4, -0.2) is 26.9 Å². The molecular formula is C23H19N3O5S2. The largest absolute Gasteiger partial charge is 0.481 e. The molecule has 1 amide bonds. The molecule has 1 saturated carbocycles. The highest BCUT2D eigenvalue weighted by Crippen LogP contribution is 2.48. The van der Waals surface area contributed by atoms with Gasteiger partial charge in [-0.2, -0.15) is 0 Å². The molecule has 0 radical (unpaired) electrons. The van der Waals surface area contributed by atoms with Crippen molar-refractivity contribution in [1.29, 1.82) is 0 Å². The number of hydrogen-bond acceptors (Lipinski definition) is 7. The van der Waals surface area contributed by atoms with Crippen molar-refractivity contribution in [1.82, 2.24) is 4.98 Å². The van der Waals surface area contributed by atoms with Crippen LogP contribution in [0.3, 0.4) is 0 Å². The fourth-order valence-corrected chi connectivity index (χ4v) is 6.71. The summed E-state index contributed by atoms with van der Waals surface area (Å²) < 4.78 is 1.78. The normalized spacial score (nSPS) is 23.2. The number of carboxylic acid groups (broad SMARTS) is 1. The molecule has 33 heavy (non-hydrogen) atoms. The molecule has 1 aromatic heterocycles. The van der Waals surface area contributed by atoms with Gasteiger partial charge in [0.05, 0.1) is 27.0 Å². The number of amides is 1. The molecule has 10 heteroatoms. The number of carbonyl (C=O) groups is 2. The molecule has 5 rings (SSSR count). The van der Waals surface area contributed by atoms with Gasteiger partial charge in [0, 0.05) is 23.6 Å². The number of carbonyl (C=O) groups excluding carboxylic acids is 1. The fourth-order valence-electron chi connectivity index (χ4n) is 4.64. The number of thiazole rings is 1. The number of thioether (sulfide) groups is 1. The molecule has 1 fully saturated rings. The monoisotopic (exact) mass is 481 g/mol. The molecule has 2 aliphatic carbocycles. The molecule has 0 unspecified atom stereocenters. The Morgan fingerprint density at radius 2 is 1.88 bits per heavy atom. The Balaban J connectivity index is 1.26. The highest BCUT2D eigenvalue weighted by atomic mass is 32.2. The summed E-state index contributed by atoms with van der Waals surface area (Å²) in [5.74, 6) is -1.85. The van der Waals surface area contributed by atoms with Crippen LogP contribution in [0, 0.1) is 33.8 Å². The summed E-state index contributed by atoms with van der Waals surface area (Å²) in [7, 11) is 0. The molecule has 2 N–H and O–H groups in total. The first kappa shape index (κ1) is 21.6. The van der Waals surface area contributed by atoms with E-state index in [1.807, 2.05) is 24.3 Å². The van der Waals surface area contributed by atoms with Gasteiger partial charge in [-0.15, -0.1) is 11.3 Å². The Bertz CT molecular complexity index is 1290. The zero-order valence-corrected chi connectivity index (χ0v) is 18.8. The Hall–Kier alpha value is -3.24. The second-order valence-corrected chi connectivity index (χ2v) is 10.5. The van der Waals surface area contributed by atoms with Crippen molar-refractivity contribution in [2.45, 2.75) is 16.5 Å². The molecular weight excluding hydrogens is 462 g/mol. The summed E-state index contributed by atoms with van der Waals surface area (Å²) in [4.78, 5) is 39.6. The van der Waals surface area contributed by atoms with Crippen molar-refractivity contribution in [2.75, 3.05) is 5.32 Å². The number of nitro groups is 1. The smallest absolute Gasteiger partial charge is 0.307 e. The van der Waals surface area contributed by atoms with E-state index in [0.717, 1.165) is 26.5 Å². The number of hydrogen-bond donors (Lipinski definition) is 2. The topological polar surface area (TPSA) is 122 Å². The molecule has 0 spiro atoms. The first-order valence-electron chi connectivity index (χ1n) is 10.4. The third-order valence-corrected chi connectivity index (χ3v) is 8.43. The number of non-ortho nitro benzene ring substituents is 1. The van der Waals surface area contributed by atoms with E-state index in [2.05, 4.69) is 10.3 Å². The maximum atomic E-state index is 12.9. The summed E-state index contributed by atoms with van der Waals surface area (Å²) in [6.45, 7) is 0. The first-order valence-corrected chi connectivity index (χ1v) is 12.2. The lowest BCUT2D eigenvalue weighted by atomic mass is 9.82. The van der Waals surface area contributed by atoms with E-state index >= 15 is 0 Å². The van der Waals surface area contributed by atoms with Gasteiger partial charge in [-0.1, -0.05) is 36.0 Å². The molecule has 4 atom stereocenters. The summed E-state index contributed by atoms with van der Waals surface area (Å²) in [6, 6.07) is 11.9. The third kappa shape index (κ3) is 4.23. The second kappa shape index (κ2) is 8.60. The number of nitrogens with zero attached hydrogens (tertiary/aromatic N) is 2. The molecule has 3 aromatic rings. The molecule has 168 valence electrons. The van der Waals surface area contributed by atoms with E-state index in [1.165, 1.54) is 23.5 Å². The standard InChI is InChI=1S/C23H19N3O5S2/c27-21(19-13-3-4-14(9-13)20(19)22(28)29)24-15-5-8-17-18(10-15)33-23(25-17)32-11-12-1-6-16(7-2-12)26(30)31/h1-8,10,13-14,19-20H,9,11H2,(H,24,27)(H,28,29)/t13-,14-,19-,20-/m0/s1. The molecule has 1 heterocycles. The number of nitrogens with one attached hydrogen (secondary N) is 1. The highest BCUT2D eigenvalue weighted by molar-refractivity contribution is 8.00. The van der Waals surface area contributed by atoms with Gasteiger partial charge in [-0.25, -0.2) is 4.98 Å². The number of rotatable bonds is 7. The van der Waals surface area contributed by atoms with Crippen LogP contribution < -0.4 is 5.32 Å². The van der Waals surface area contributed by atoms with Crippen LogP contribution in [0.4, 0.5) is 11.4 Å². The number of fused-ring (bicyclic) bond motifs is 3. The zero-order valence-electron chi connectivity index (χ0n) is 17.2. The predicted octanol–water partition coefficient (Wildman–Crippen LogP) is 4.96. The van der Waals surface area contributed by atoms with Gasteiger partial charge in [-0.3, -0.25) is 19.7 Å². The SMILES string of the molecule is O=C(O)[C@@H]1[C@@H](C(=O)Nc2ccc3nc(SCc4ccc([N+](=O)[O-])cc4)sc3c2)[C@H]2C=C[C@H]1C2. The van der Waals surface area contributed by atoms with E-state index in [4.69, 9.17) is 0 Å². The number of anilines is 1. The van der Waals surface area contributed by atoms with Gasteiger partial charge in [0.15, 0.2) is 4.34 Å². The minimum atomic E-state index is -0.917. The van der Waals surface area contributed by atoms with Crippen LogP contribution in [0.15, 0.2) is 59.0 Å². The van der Waals surface area contributed by atoms with Gasteiger partial charge in [0.25, 0.3) is 5.69 Å². The van der Waals surface area contributed by atoms with Gasteiger partial charge < -0.3 is 10.4 Å². The minimum absolute atomic E-state index is 0.0225. The Morgan fingerprint density at radius 1 is 1.15 bits per heavy atom. The summed E-state index contributed by atoms with van der Waals surface area (Å²) in [5, 5.41) is 23.3. The van der Waals surface area contributed by atoms with Crippen molar-refractivity contribution in [3.05, 3.63) is 70.3 Å². The lowest BCUT2D eigenvalue weighted by Crippen LogP contribution is -2.36. The molecule has 2 aliphatic rings. The quantitative estimate of drug-likeness (QED) is 0.212. The van der Waals surface area contributed by atoms with Crippen molar-refractivity contribution < 1.29 is 19.6 Å². The van der Waals surface area contributed by atoms with Gasteiger partial charge >= 0.3 is 5.97 Å². The van der Waals surface area contributed by atoms with Crippen molar-refractivity contribution in [2.24, 2.45) is 23.7 Å². The number of aromatic nitrogens is 1. The van der Waals surface area contributed by atoms with Gasteiger partial charge in [0.1, 0.15) is 0 Å². The number of aliphatic carboxylic acids is 1. The van der Waals surface area contributed by atoms with Crippen LogP contribution in [0.2, 0.25) is 0 Å². The summed E-state index contributed by atoms with van der Waals surface area (Å²) >= 11 is 3.05. The van der Waals surface area contributed by atoms with Crippen LogP contribution in [0.5, 0.6) is 0 Å². The third-order valence-electron chi connectivity index (χ3n) is 6.19. The lowest BCUT2D eigenvalue weighted by Gasteiger charge is -2.23. The highest BCUT2D eigenvalue weighted by Gasteiger charge is 2.51. The maximum absolute atomic E-state index is 12.9. The number of nitro benzene ring substituents is 1. The molecule has 8 nitrogen and oxygen atoms in total. The Morgan fingerprint density at radius 3 is 2.58 bits per heavy atom. The number of allylic oxidation sites excluding steroid dienone is 2. The molecule has 0 saturated heterocycles. The van der Waals surface area contributed by atoms with E-state index in [9.17, 15) is 24.8 Å². The fraction of sp³-hybridized carbons (Fsp3) is 0.261. The van der Waals surface area contributed by atoms with E-state index in [0.29, 0.717) is 11.4 Å². The van der Waals surface area contributed by atoms with Crippen molar-refractivity contribution >= 4 is 56.6 Å². The van der Waals surface area contributed by atoms with Crippen molar-refractivity contribution in [3.63, 3.8) is 0 Å². The second-order valence-electron chi connectivity index (χ2n) is 8.20. The van der Waals surface area contributed by atoms with E-state index < -0.39 is 22.7 Å². The lowest BCUT2D eigenvalue weighted by molar-refractivity contribution is -0.384. The van der Waals surface area contributed by atoms with Gasteiger partial charge in [-0.05, 0) is 42.0 Å². The van der Waals surface area contributed by atoms with Crippen molar-refractivity contribution in [3.8, 4) is 0 Å². The Labute approximate surface area is 196 Å². The van der Waals surface area contributed by atoms with Crippen LogP contribution in [-0.2, 0) is 15.3 Å². The predicted molar refractivity (Wildman–Crippen MR) is 126 cm³/mol. The van der Waals surface area contributed by atoms with E-state index in [1.54, 1.807) is 30.0 Å². The first-order chi connectivity index (χ1) is 15.9. The average Bonchev–Trinajstić information content (AvgIpc) is 3.51. The zero-order chi connectivity index (χ0) is 23.1. The van der Waals surface area contributed by atoms with Crippen LogP contribution in [0.25, 0.3) is 10.2 Å². The summed E-state index contributed by atoms with van der Waals surface area (Å²) in [6.07, 6.45) is 4.61.